The van der Waals surface area contributed by atoms with Crippen LogP contribution in [0.4, 0.5) is 21.7 Å². The molecule has 49 heavy (non-hydrogen) atoms. The van der Waals surface area contributed by atoms with E-state index in [1.807, 2.05) is 36.4 Å². The zero-order valence-corrected chi connectivity index (χ0v) is 30.4. The smallest absolute Gasteiger partial charge is 0.318 e. The van der Waals surface area contributed by atoms with Gasteiger partial charge in [0, 0.05) is 27.4 Å². The normalized spacial score (nSPS) is 20.1. The number of rotatable bonds is 7. The number of aromatic nitrogens is 4. The van der Waals surface area contributed by atoms with Gasteiger partial charge in [-0.05, 0) is 88.8 Å². The molecule has 4 N–H and O–H groups in total. The molecule has 2 aromatic heterocycles. The molecule has 0 amide bonds. The molecule has 13 heteroatoms. The topological polar surface area (TPSA) is 129 Å². The van der Waals surface area contributed by atoms with E-state index in [2.05, 4.69) is 67.3 Å². The van der Waals surface area contributed by atoms with Gasteiger partial charge in [0.05, 0.1) is 42.6 Å². The minimum Gasteiger partial charge on any atom is -0.493 e. The van der Waals surface area contributed by atoms with E-state index in [9.17, 15) is 4.39 Å². The van der Waals surface area contributed by atoms with Crippen molar-refractivity contribution in [1.82, 2.24) is 25.3 Å². The fourth-order valence-electron chi connectivity index (χ4n) is 7.00. The molecule has 258 valence electrons. The lowest BCUT2D eigenvalue weighted by Crippen LogP contribution is -2.39. The summed E-state index contributed by atoms with van der Waals surface area (Å²) >= 11 is 9.29. The summed E-state index contributed by atoms with van der Waals surface area (Å²) in [5.74, 6) is 3.50. The van der Waals surface area contributed by atoms with Gasteiger partial charge in [0.2, 0.25) is 0 Å². The summed E-state index contributed by atoms with van der Waals surface area (Å²) in [6, 6.07) is 15.4. The fourth-order valence-corrected chi connectivity index (χ4v) is 7.47. The number of nitrogens with two attached hydrogens (primary N) is 1. The van der Waals surface area contributed by atoms with Gasteiger partial charge in [-0.25, -0.2) is 14.4 Å². The van der Waals surface area contributed by atoms with Crippen molar-refractivity contribution in [2.45, 2.75) is 39.7 Å². The predicted molar refractivity (Wildman–Crippen MR) is 195 cm³/mol. The predicted octanol–water partition coefficient (Wildman–Crippen LogP) is 8.20. The molecule has 3 aromatic carbocycles. The van der Waals surface area contributed by atoms with Crippen LogP contribution in [0.5, 0.6) is 17.5 Å². The first-order valence-corrected chi connectivity index (χ1v) is 17.3. The second-order valence-electron chi connectivity index (χ2n) is 13.5. The molecule has 1 saturated carbocycles. The van der Waals surface area contributed by atoms with E-state index in [0.717, 1.165) is 23.4 Å². The van der Waals surface area contributed by atoms with Gasteiger partial charge < -0.3 is 30.6 Å². The van der Waals surface area contributed by atoms with Crippen LogP contribution in [0.1, 0.15) is 33.6 Å². The summed E-state index contributed by atoms with van der Waals surface area (Å²) < 4.78 is 32.0. The molecule has 10 nitrogen and oxygen atoms in total. The van der Waals surface area contributed by atoms with Crippen LogP contribution in [0.3, 0.4) is 0 Å². The number of ether oxygens (including phenoxy) is 3. The molecule has 5 aromatic rings. The highest BCUT2D eigenvalue weighted by Crippen LogP contribution is 2.46. The molecule has 0 spiro atoms. The lowest BCUT2D eigenvalue weighted by Gasteiger charge is -2.32. The summed E-state index contributed by atoms with van der Waals surface area (Å²) in [6.45, 7) is 8.70. The molecule has 1 saturated heterocycles. The average Bonchev–Trinajstić information content (AvgIpc) is 3.68. The van der Waals surface area contributed by atoms with E-state index in [1.54, 1.807) is 19.2 Å². The van der Waals surface area contributed by atoms with Crippen LogP contribution in [0.2, 0.25) is 5.02 Å². The molecule has 0 bridgehead atoms. The zero-order valence-electron chi connectivity index (χ0n) is 28.1. The number of halogens is 3. The molecule has 4 atom stereocenters. The van der Waals surface area contributed by atoms with E-state index >= 15 is 0 Å². The van der Waals surface area contributed by atoms with Gasteiger partial charge >= 0.3 is 6.01 Å². The maximum Gasteiger partial charge on any atom is 0.318 e. The first-order chi connectivity index (χ1) is 23.5. The molecule has 2 aliphatic rings. The van der Waals surface area contributed by atoms with Crippen LogP contribution in [-0.4, -0.2) is 53.3 Å². The summed E-state index contributed by atoms with van der Waals surface area (Å²) in [4.78, 5) is 16.8. The first kappa shape index (κ1) is 34.8. The van der Waals surface area contributed by atoms with Crippen molar-refractivity contribution >= 4 is 66.7 Å². The Balaban J connectivity index is 0.000000267. The Hall–Kier alpha value is -4.00. The monoisotopic (exact) mass is 751 g/mol. The molecule has 2 unspecified atom stereocenters. The number of methoxy groups -OCH3 is 2. The van der Waals surface area contributed by atoms with Crippen molar-refractivity contribution in [2.24, 2.45) is 23.2 Å². The Morgan fingerprint density at radius 1 is 1.00 bits per heavy atom. The molecule has 2 fully saturated rings. The highest BCUT2D eigenvalue weighted by atomic mass is 79.9. The summed E-state index contributed by atoms with van der Waals surface area (Å²) in [6.07, 6.45) is 3.79. The van der Waals surface area contributed by atoms with Crippen LogP contribution in [0, 0.1) is 29.0 Å². The van der Waals surface area contributed by atoms with E-state index < -0.39 is 5.82 Å². The maximum absolute atomic E-state index is 14.7. The van der Waals surface area contributed by atoms with E-state index in [4.69, 9.17) is 31.5 Å². The number of nitrogen functional groups attached to an aromatic ring is 1. The lowest BCUT2D eigenvalue weighted by molar-refractivity contribution is 0.205. The molecular formula is C36H40BrClFN7O3. The van der Waals surface area contributed by atoms with Crippen molar-refractivity contribution in [3.8, 4) is 17.5 Å². The van der Waals surface area contributed by atoms with Gasteiger partial charge in [-0.15, -0.1) is 0 Å². The molecule has 3 heterocycles. The van der Waals surface area contributed by atoms with Gasteiger partial charge in [0.1, 0.15) is 18.0 Å². The standard InChI is InChI=1S/C27H31BrClFN4O2.C9H9N3O/c1-27(2,3)25-16-8-14(7-15(16)11-31-25)12-36-22-10-20-17(9-21(22)35-4)26(33-13-32-20)34-19-6-5-18(28)23(29)24(19)30;1-13-9-11-7-5-3-2-4-6(7)8(10)12-9/h5-6,9-10,13-16,25,31H,7-8,11-12H2,1-4H3,(H,32,33,34);2-5H,1H3,(H2,10,11,12)/t14?,15-,16-,25?;/m0./s1. The number of nitrogens with zero attached hydrogens (tertiary/aromatic N) is 4. The Labute approximate surface area is 298 Å². The second kappa shape index (κ2) is 14.5. The van der Waals surface area contributed by atoms with Crippen molar-refractivity contribution in [3.05, 3.63) is 70.2 Å². The van der Waals surface area contributed by atoms with Gasteiger partial charge in [-0.1, -0.05) is 44.5 Å². The van der Waals surface area contributed by atoms with Crippen LogP contribution in [0.25, 0.3) is 21.8 Å². The number of hydrogen-bond acceptors (Lipinski definition) is 10. The average molecular weight is 753 g/mol. The van der Waals surface area contributed by atoms with Crippen molar-refractivity contribution in [2.75, 3.05) is 38.4 Å². The molecule has 7 rings (SSSR count). The Bertz CT molecular complexity index is 1980. The van der Waals surface area contributed by atoms with Crippen LogP contribution < -0.4 is 30.6 Å². The number of para-hydroxylation sites is 1. The number of fused-ring (bicyclic) bond motifs is 3. The highest BCUT2D eigenvalue weighted by molar-refractivity contribution is 9.10. The summed E-state index contributed by atoms with van der Waals surface area (Å²) in [5.41, 5.74) is 7.65. The molecule has 1 aliphatic heterocycles. The second-order valence-corrected chi connectivity index (χ2v) is 14.8. The number of nitrogens with one attached hydrogen (secondary N) is 2. The minimum absolute atomic E-state index is 0.00674. The summed E-state index contributed by atoms with van der Waals surface area (Å²) in [5, 5.41) is 8.33. The Kier molecular flexibility index (Phi) is 10.3. The summed E-state index contributed by atoms with van der Waals surface area (Å²) in [7, 11) is 3.13. The van der Waals surface area contributed by atoms with Crippen LogP contribution in [-0.2, 0) is 0 Å². The highest BCUT2D eigenvalue weighted by Gasteiger charge is 2.47. The van der Waals surface area contributed by atoms with Crippen molar-refractivity contribution in [1.29, 1.82) is 0 Å². The molecular weight excluding hydrogens is 713 g/mol. The van der Waals surface area contributed by atoms with E-state index in [0.29, 0.717) is 69.0 Å². The van der Waals surface area contributed by atoms with Gasteiger partial charge in [0.25, 0.3) is 0 Å². The zero-order chi connectivity index (χ0) is 34.9. The van der Waals surface area contributed by atoms with Crippen LogP contribution >= 0.6 is 27.5 Å². The number of benzene rings is 3. The quantitative estimate of drug-likeness (QED) is 0.140. The fraction of sp³-hybridized carbons (Fsp3) is 0.389. The SMILES string of the molecule is COc1cc2c(Nc3ccc(Br)c(Cl)c3F)ncnc2cc1OCC1C[C@H]2CNC(C(C)(C)C)[C@H]2C1.COc1nc(N)c2ccccc2n1. The van der Waals surface area contributed by atoms with Gasteiger partial charge in [0.15, 0.2) is 17.3 Å². The number of hydrogen-bond donors (Lipinski definition) is 3. The lowest BCUT2D eigenvalue weighted by atomic mass is 9.78. The molecule has 1 aliphatic carbocycles. The first-order valence-electron chi connectivity index (χ1n) is 16.1. The van der Waals surface area contributed by atoms with Crippen LogP contribution in [0.15, 0.2) is 59.3 Å². The number of anilines is 3. The third-order valence-electron chi connectivity index (χ3n) is 9.29. The Morgan fingerprint density at radius 2 is 1.80 bits per heavy atom. The van der Waals surface area contributed by atoms with Gasteiger partial charge in [-0.3, -0.25) is 0 Å². The maximum atomic E-state index is 14.7. The Morgan fingerprint density at radius 3 is 2.55 bits per heavy atom. The van der Waals surface area contributed by atoms with Gasteiger partial charge in [-0.2, -0.15) is 9.97 Å². The third-order valence-corrected chi connectivity index (χ3v) is 10.5. The third kappa shape index (κ3) is 7.46. The van der Waals surface area contributed by atoms with E-state index in [1.165, 1.54) is 26.3 Å². The van der Waals surface area contributed by atoms with E-state index in [-0.39, 0.29) is 16.1 Å². The van der Waals surface area contributed by atoms with Crippen molar-refractivity contribution in [3.63, 3.8) is 0 Å². The molecule has 0 radical (unpaired) electrons. The minimum atomic E-state index is -0.560. The van der Waals surface area contributed by atoms with Crippen molar-refractivity contribution < 1.29 is 18.6 Å². The largest absolute Gasteiger partial charge is 0.493 e.